The standard InChI is InChI=1S/C28H28FN7O.H2S/c1-17(21-5-3-4-10-30-21)31-26-20-8-6-18(29)15-23(20)34-28(37)25(26)27-32-22-9-7-19(16-24(22)33-27)36-13-11-35(2)12-14-36;/h3-10,15-17H,11-14H2,1-2H3,(H,32,33)(H2,31,34,37);1H2/t17-;/m0./s1. The van der Waals surface area contributed by atoms with E-state index < -0.39 is 5.82 Å². The highest BCUT2D eigenvalue weighted by molar-refractivity contribution is 7.59. The number of rotatable bonds is 5. The molecule has 8 nitrogen and oxygen atoms in total. The first-order chi connectivity index (χ1) is 18.0. The van der Waals surface area contributed by atoms with Crippen LogP contribution in [0, 0.1) is 5.82 Å². The van der Waals surface area contributed by atoms with Gasteiger partial charge in [-0.3, -0.25) is 9.78 Å². The molecule has 0 unspecified atom stereocenters. The number of pyridine rings is 2. The van der Waals surface area contributed by atoms with Crippen molar-refractivity contribution in [2.75, 3.05) is 43.4 Å². The monoisotopic (exact) mass is 531 g/mol. The summed E-state index contributed by atoms with van der Waals surface area (Å²) in [4.78, 5) is 33.5. The van der Waals surface area contributed by atoms with Crippen LogP contribution >= 0.6 is 13.5 Å². The Bertz CT molecular complexity index is 1640. The molecule has 0 spiro atoms. The molecule has 0 aliphatic carbocycles. The second-order valence-corrected chi connectivity index (χ2v) is 9.59. The molecule has 5 aromatic rings. The van der Waals surface area contributed by atoms with Gasteiger partial charge in [0, 0.05) is 43.4 Å². The Kier molecular flexibility index (Phi) is 7.09. The average Bonchev–Trinajstić information content (AvgIpc) is 3.32. The Morgan fingerprint density at radius 3 is 2.58 bits per heavy atom. The molecule has 1 aliphatic heterocycles. The van der Waals surface area contributed by atoms with E-state index in [0.717, 1.165) is 48.6 Å². The van der Waals surface area contributed by atoms with Crippen molar-refractivity contribution in [2.24, 2.45) is 0 Å². The topological polar surface area (TPSA) is 92.9 Å². The maximum absolute atomic E-state index is 14.0. The summed E-state index contributed by atoms with van der Waals surface area (Å²) >= 11 is 0. The van der Waals surface area contributed by atoms with E-state index >= 15 is 0 Å². The maximum Gasteiger partial charge on any atom is 0.261 e. The Hall–Kier alpha value is -3.89. The van der Waals surface area contributed by atoms with E-state index in [1.165, 1.54) is 12.1 Å². The summed E-state index contributed by atoms with van der Waals surface area (Å²) in [7, 11) is 2.14. The minimum Gasteiger partial charge on any atom is -0.376 e. The number of benzene rings is 2. The van der Waals surface area contributed by atoms with Crippen LogP contribution in [-0.4, -0.2) is 58.1 Å². The first-order valence-corrected chi connectivity index (χ1v) is 12.4. The Morgan fingerprint density at radius 1 is 1.00 bits per heavy atom. The Labute approximate surface area is 226 Å². The molecule has 6 rings (SSSR count). The lowest BCUT2D eigenvalue weighted by Crippen LogP contribution is -2.44. The van der Waals surface area contributed by atoms with Crippen molar-refractivity contribution in [3.63, 3.8) is 0 Å². The van der Waals surface area contributed by atoms with E-state index in [0.29, 0.717) is 28.0 Å². The Balaban J connectivity index is 0.00000294. The molecule has 1 saturated heterocycles. The second kappa shape index (κ2) is 10.5. The molecule has 4 heterocycles. The van der Waals surface area contributed by atoms with Crippen LogP contribution < -0.4 is 15.8 Å². The molecular weight excluding hydrogens is 501 g/mol. The third-order valence-corrected chi connectivity index (χ3v) is 7.04. The first kappa shape index (κ1) is 25.7. The number of H-pyrrole nitrogens is 2. The van der Waals surface area contributed by atoms with E-state index in [-0.39, 0.29) is 25.1 Å². The number of nitrogens with zero attached hydrogens (tertiary/aromatic N) is 4. The van der Waals surface area contributed by atoms with Crippen LogP contribution in [0.1, 0.15) is 18.7 Å². The number of fused-ring (bicyclic) bond motifs is 2. The quantitative estimate of drug-likeness (QED) is 0.306. The average molecular weight is 532 g/mol. The van der Waals surface area contributed by atoms with Crippen LogP contribution in [0.4, 0.5) is 15.8 Å². The largest absolute Gasteiger partial charge is 0.376 e. The lowest BCUT2D eigenvalue weighted by atomic mass is 10.1. The molecule has 1 atom stereocenters. The highest BCUT2D eigenvalue weighted by Gasteiger charge is 2.21. The van der Waals surface area contributed by atoms with E-state index in [1.807, 2.05) is 31.2 Å². The molecule has 10 heteroatoms. The summed E-state index contributed by atoms with van der Waals surface area (Å²) in [5, 5.41) is 4.15. The van der Waals surface area contributed by atoms with Crippen molar-refractivity contribution < 1.29 is 4.39 Å². The number of nitrogens with one attached hydrogen (secondary N) is 3. The zero-order chi connectivity index (χ0) is 25.5. The molecule has 3 aromatic heterocycles. The van der Waals surface area contributed by atoms with Gasteiger partial charge in [0.2, 0.25) is 0 Å². The SMILES string of the molecule is C[C@H](Nc1c(-c2nc3ccc(N4CCN(C)CC4)cc3[nH]2)c(=O)[nH]c2cc(F)ccc12)c1ccccn1.S. The fourth-order valence-corrected chi connectivity index (χ4v) is 4.95. The summed E-state index contributed by atoms with van der Waals surface area (Å²) in [6.07, 6.45) is 1.73. The molecule has 2 aromatic carbocycles. The first-order valence-electron chi connectivity index (χ1n) is 12.4. The van der Waals surface area contributed by atoms with E-state index in [4.69, 9.17) is 4.98 Å². The van der Waals surface area contributed by atoms with Crippen LogP contribution in [0.15, 0.2) is 65.6 Å². The smallest absolute Gasteiger partial charge is 0.261 e. The van der Waals surface area contributed by atoms with Gasteiger partial charge in [0.25, 0.3) is 5.56 Å². The van der Waals surface area contributed by atoms with Crippen molar-refractivity contribution in [3.8, 4) is 11.4 Å². The summed E-state index contributed by atoms with van der Waals surface area (Å²) in [6.45, 7) is 5.93. The lowest BCUT2D eigenvalue weighted by Gasteiger charge is -2.34. The van der Waals surface area contributed by atoms with Crippen LogP contribution in [0.3, 0.4) is 0 Å². The fraction of sp³-hybridized carbons (Fsp3) is 0.250. The second-order valence-electron chi connectivity index (χ2n) is 9.59. The van der Waals surface area contributed by atoms with Crippen molar-refractivity contribution in [1.82, 2.24) is 24.8 Å². The summed E-state index contributed by atoms with van der Waals surface area (Å²) in [5.41, 5.74) is 4.59. The van der Waals surface area contributed by atoms with Gasteiger partial charge in [0.05, 0.1) is 34.0 Å². The lowest BCUT2D eigenvalue weighted by molar-refractivity contribution is 0.313. The van der Waals surface area contributed by atoms with E-state index in [2.05, 4.69) is 49.2 Å². The number of likely N-dealkylation sites (N-methyl/N-ethyl adjacent to an activating group) is 1. The van der Waals surface area contributed by atoms with Gasteiger partial charge >= 0.3 is 0 Å². The number of aromatic nitrogens is 4. The van der Waals surface area contributed by atoms with Crippen LogP contribution in [0.5, 0.6) is 0 Å². The molecule has 0 amide bonds. The van der Waals surface area contributed by atoms with E-state index in [9.17, 15) is 9.18 Å². The molecule has 0 saturated carbocycles. The number of hydrogen-bond acceptors (Lipinski definition) is 6. The number of piperazine rings is 1. The van der Waals surface area contributed by atoms with Crippen molar-refractivity contribution in [3.05, 3.63) is 82.7 Å². The molecule has 1 fully saturated rings. The van der Waals surface area contributed by atoms with Crippen molar-refractivity contribution in [1.29, 1.82) is 0 Å². The molecule has 0 bridgehead atoms. The third-order valence-electron chi connectivity index (χ3n) is 7.04. The minimum atomic E-state index is -0.417. The molecule has 1 aliphatic rings. The van der Waals surface area contributed by atoms with Crippen LogP contribution in [-0.2, 0) is 0 Å². The van der Waals surface area contributed by atoms with Crippen LogP contribution in [0.2, 0.25) is 0 Å². The molecule has 196 valence electrons. The van der Waals surface area contributed by atoms with Gasteiger partial charge < -0.3 is 25.1 Å². The van der Waals surface area contributed by atoms with Gasteiger partial charge in [0.1, 0.15) is 17.2 Å². The number of anilines is 2. The molecule has 38 heavy (non-hydrogen) atoms. The van der Waals surface area contributed by atoms with Gasteiger partial charge in [-0.1, -0.05) is 6.07 Å². The van der Waals surface area contributed by atoms with Gasteiger partial charge in [0.15, 0.2) is 0 Å². The summed E-state index contributed by atoms with van der Waals surface area (Å²) in [5.74, 6) is 0.0357. The van der Waals surface area contributed by atoms with Crippen LogP contribution in [0.25, 0.3) is 33.3 Å². The fourth-order valence-electron chi connectivity index (χ4n) is 4.95. The number of hydrogen-bond donors (Lipinski definition) is 3. The third kappa shape index (κ3) is 4.84. The summed E-state index contributed by atoms with van der Waals surface area (Å²) < 4.78 is 14.0. The van der Waals surface area contributed by atoms with Gasteiger partial charge in [-0.05, 0) is 62.5 Å². The highest BCUT2D eigenvalue weighted by atomic mass is 32.1. The van der Waals surface area contributed by atoms with E-state index in [1.54, 1.807) is 12.3 Å². The summed E-state index contributed by atoms with van der Waals surface area (Å²) in [6, 6.07) is 16.0. The Morgan fingerprint density at radius 2 is 1.82 bits per heavy atom. The molecule has 0 radical (unpaired) electrons. The molecular formula is C28H30FN7OS. The van der Waals surface area contributed by atoms with Gasteiger partial charge in [-0.15, -0.1) is 0 Å². The zero-order valence-electron chi connectivity index (χ0n) is 21.3. The van der Waals surface area contributed by atoms with Crippen molar-refractivity contribution in [2.45, 2.75) is 13.0 Å². The van der Waals surface area contributed by atoms with Gasteiger partial charge in [-0.2, -0.15) is 13.5 Å². The number of aromatic amines is 2. The number of imidazole rings is 1. The number of halogens is 1. The predicted octanol–water partition coefficient (Wildman–Crippen LogP) is 4.64. The normalized spacial score (nSPS) is 15.0. The maximum atomic E-state index is 14.0. The van der Waals surface area contributed by atoms with Gasteiger partial charge in [-0.25, -0.2) is 9.37 Å². The predicted molar refractivity (Wildman–Crippen MR) is 156 cm³/mol. The highest BCUT2D eigenvalue weighted by Crippen LogP contribution is 2.34. The zero-order valence-corrected chi connectivity index (χ0v) is 22.3. The van der Waals surface area contributed by atoms with Crippen molar-refractivity contribution >= 4 is 46.8 Å². The minimum absolute atomic E-state index is 0. The molecule has 3 N–H and O–H groups in total.